The lowest BCUT2D eigenvalue weighted by Crippen LogP contribution is -2.42. The second-order valence-corrected chi connectivity index (χ2v) is 12.9. The zero-order valence-corrected chi connectivity index (χ0v) is 25.1. The maximum atomic E-state index is 5.61. The van der Waals surface area contributed by atoms with E-state index < -0.39 is 0 Å². The first-order valence-electron chi connectivity index (χ1n) is 15.6. The number of benzene rings is 1. The van der Waals surface area contributed by atoms with Crippen molar-refractivity contribution in [2.24, 2.45) is 18.9 Å². The highest BCUT2D eigenvalue weighted by molar-refractivity contribution is 5.81. The SMILES string of the molecule is COc1ccc(-c2nc3c(C)cc(C4CCN(C5C[C@@H]6CN(C7CCOCC7)C[C@@H]6C5)CC4)nc3n2C)cc1OC. The highest BCUT2D eigenvalue weighted by atomic mass is 16.5. The van der Waals surface area contributed by atoms with Gasteiger partial charge in [-0.25, -0.2) is 9.97 Å². The fraction of sp³-hybridized carbons (Fsp3) is 0.636. The quantitative estimate of drug-likeness (QED) is 0.420. The molecule has 4 aliphatic rings. The van der Waals surface area contributed by atoms with Crippen LogP contribution in [0.2, 0.25) is 0 Å². The number of pyridine rings is 1. The summed E-state index contributed by atoms with van der Waals surface area (Å²) in [6.45, 7) is 9.11. The molecular formula is C33H45N5O3. The van der Waals surface area contributed by atoms with Crippen LogP contribution in [0.5, 0.6) is 11.5 Å². The van der Waals surface area contributed by atoms with Gasteiger partial charge in [-0.3, -0.25) is 4.90 Å². The molecular weight excluding hydrogens is 514 g/mol. The molecule has 3 saturated heterocycles. The van der Waals surface area contributed by atoms with E-state index in [-0.39, 0.29) is 0 Å². The molecule has 3 aliphatic heterocycles. The normalized spacial score (nSPS) is 26.6. The van der Waals surface area contributed by atoms with Crippen LogP contribution in [0, 0.1) is 18.8 Å². The van der Waals surface area contributed by atoms with E-state index in [4.69, 9.17) is 24.2 Å². The largest absolute Gasteiger partial charge is 0.493 e. The third-order valence-electron chi connectivity index (χ3n) is 10.6. The number of fused-ring (bicyclic) bond motifs is 2. The average Bonchev–Trinajstić information content (AvgIpc) is 3.70. The molecule has 0 spiro atoms. The first kappa shape index (κ1) is 27.2. The third kappa shape index (κ3) is 5.02. The number of aryl methyl sites for hydroxylation is 2. The van der Waals surface area contributed by atoms with Crippen molar-refractivity contribution in [1.82, 2.24) is 24.3 Å². The highest BCUT2D eigenvalue weighted by Gasteiger charge is 2.44. The monoisotopic (exact) mass is 559 g/mol. The molecule has 0 amide bonds. The topological polar surface area (TPSA) is 64.9 Å². The number of aromatic nitrogens is 3. The maximum absolute atomic E-state index is 5.61. The Morgan fingerprint density at radius 1 is 0.829 bits per heavy atom. The van der Waals surface area contributed by atoms with Crippen molar-refractivity contribution in [3.63, 3.8) is 0 Å². The van der Waals surface area contributed by atoms with Crippen LogP contribution >= 0.6 is 0 Å². The second-order valence-electron chi connectivity index (χ2n) is 12.9. The fourth-order valence-electron chi connectivity index (χ4n) is 8.28. The summed E-state index contributed by atoms with van der Waals surface area (Å²) >= 11 is 0. The molecule has 0 N–H and O–H groups in total. The van der Waals surface area contributed by atoms with Gasteiger partial charge in [-0.1, -0.05) is 0 Å². The maximum Gasteiger partial charge on any atom is 0.161 e. The van der Waals surface area contributed by atoms with E-state index in [9.17, 15) is 0 Å². The number of imidazole rings is 1. The van der Waals surface area contributed by atoms with Gasteiger partial charge < -0.3 is 23.7 Å². The van der Waals surface area contributed by atoms with Crippen LogP contribution in [0.25, 0.3) is 22.6 Å². The number of hydrogen-bond donors (Lipinski definition) is 0. The summed E-state index contributed by atoms with van der Waals surface area (Å²) < 4.78 is 18.7. The van der Waals surface area contributed by atoms with Crippen LogP contribution in [-0.2, 0) is 11.8 Å². The number of rotatable bonds is 6. The van der Waals surface area contributed by atoms with Gasteiger partial charge in [0.25, 0.3) is 0 Å². The summed E-state index contributed by atoms with van der Waals surface area (Å²) in [6, 6.07) is 9.80. The van der Waals surface area contributed by atoms with Gasteiger partial charge in [0.05, 0.1) is 14.2 Å². The molecule has 0 radical (unpaired) electrons. The first-order chi connectivity index (χ1) is 20.0. The smallest absolute Gasteiger partial charge is 0.161 e. The second kappa shape index (κ2) is 11.2. The Hall–Kier alpha value is -2.68. The predicted octanol–water partition coefficient (Wildman–Crippen LogP) is 5.03. The van der Waals surface area contributed by atoms with E-state index in [0.717, 1.165) is 65.4 Å². The third-order valence-corrected chi connectivity index (χ3v) is 10.6. The summed E-state index contributed by atoms with van der Waals surface area (Å²) in [5.74, 6) is 4.63. The van der Waals surface area contributed by atoms with E-state index in [2.05, 4.69) is 34.4 Å². The molecule has 1 aromatic carbocycles. The molecule has 5 heterocycles. The Bertz CT molecular complexity index is 1380. The van der Waals surface area contributed by atoms with Crippen molar-refractivity contribution in [3.05, 3.63) is 35.5 Å². The summed E-state index contributed by atoms with van der Waals surface area (Å²) in [4.78, 5) is 15.9. The van der Waals surface area contributed by atoms with E-state index in [1.165, 1.54) is 76.0 Å². The Morgan fingerprint density at radius 3 is 2.22 bits per heavy atom. The lowest BCUT2D eigenvalue weighted by atomic mass is 9.91. The minimum absolute atomic E-state index is 0.513. The van der Waals surface area contributed by atoms with Crippen LogP contribution in [-0.4, -0.2) is 90.0 Å². The molecule has 2 aromatic heterocycles. The summed E-state index contributed by atoms with van der Waals surface area (Å²) in [5.41, 5.74) is 5.37. The molecule has 0 bridgehead atoms. The molecule has 1 saturated carbocycles. The molecule has 220 valence electrons. The average molecular weight is 560 g/mol. The van der Waals surface area contributed by atoms with Crippen molar-refractivity contribution >= 4 is 11.2 Å². The van der Waals surface area contributed by atoms with Crippen molar-refractivity contribution in [2.75, 3.05) is 53.6 Å². The number of piperidine rings is 1. The minimum Gasteiger partial charge on any atom is -0.493 e. The zero-order valence-electron chi connectivity index (χ0n) is 25.1. The van der Waals surface area contributed by atoms with Gasteiger partial charge in [-0.2, -0.15) is 0 Å². The van der Waals surface area contributed by atoms with Gasteiger partial charge in [0, 0.05) is 62.6 Å². The van der Waals surface area contributed by atoms with Gasteiger partial charge in [0.1, 0.15) is 11.3 Å². The van der Waals surface area contributed by atoms with E-state index in [1.54, 1.807) is 14.2 Å². The van der Waals surface area contributed by atoms with Crippen LogP contribution in [0.1, 0.15) is 55.7 Å². The van der Waals surface area contributed by atoms with E-state index in [0.29, 0.717) is 11.7 Å². The fourth-order valence-corrected chi connectivity index (χ4v) is 8.28. The lowest BCUT2D eigenvalue weighted by Gasteiger charge is -2.37. The Balaban J connectivity index is 1.01. The molecule has 41 heavy (non-hydrogen) atoms. The highest BCUT2D eigenvalue weighted by Crippen LogP contribution is 2.43. The van der Waals surface area contributed by atoms with Gasteiger partial charge in [0.15, 0.2) is 17.1 Å². The Morgan fingerprint density at radius 2 is 1.54 bits per heavy atom. The Labute approximate surface area is 244 Å². The molecule has 8 nitrogen and oxygen atoms in total. The number of hydrogen-bond acceptors (Lipinski definition) is 7. The van der Waals surface area contributed by atoms with Crippen molar-refractivity contribution in [3.8, 4) is 22.9 Å². The van der Waals surface area contributed by atoms with E-state index in [1.807, 2.05) is 18.2 Å². The molecule has 3 atom stereocenters. The van der Waals surface area contributed by atoms with E-state index >= 15 is 0 Å². The van der Waals surface area contributed by atoms with Crippen LogP contribution in [0.4, 0.5) is 0 Å². The minimum atomic E-state index is 0.513. The predicted molar refractivity (Wildman–Crippen MR) is 161 cm³/mol. The van der Waals surface area contributed by atoms with Gasteiger partial charge in [-0.15, -0.1) is 0 Å². The first-order valence-corrected chi connectivity index (χ1v) is 15.6. The van der Waals surface area contributed by atoms with Gasteiger partial charge in [-0.05, 0) is 100 Å². The number of nitrogens with zero attached hydrogens (tertiary/aromatic N) is 5. The van der Waals surface area contributed by atoms with Gasteiger partial charge >= 0.3 is 0 Å². The molecule has 1 aliphatic carbocycles. The molecule has 4 fully saturated rings. The molecule has 3 aromatic rings. The van der Waals surface area contributed by atoms with Gasteiger partial charge in [0.2, 0.25) is 0 Å². The lowest BCUT2D eigenvalue weighted by molar-refractivity contribution is 0.0380. The number of likely N-dealkylation sites (tertiary alicyclic amines) is 2. The van der Waals surface area contributed by atoms with Crippen molar-refractivity contribution in [2.45, 2.75) is 63.5 Å². The summed E-state index contributed by atoms with van der Waals surface area (Å²) in [7, 11) is 5.40. The van der Waals surface area contributed by atoms with Crippen LogP contribution < -0.4 is 9.47 Å². The van der Waals surface area contributed by atoms with Crippen LogP contribution in [0.3, 0.4) is 0 Å². The van der Waals surface area contributed by atoms with Crippen molar-refractivity contribution in [1.29, 1.82) is 0 Å². The molecule has 1 unspecified atom stereocenters. The Kier molecular flexibility index (Phi) is 7.42. The molecule has 7 rings (SSSR count). The van der Waals surface area contributed by atoms with Crippen molar-refractivity contribution < 1.29 is 14.2 Å². The van der Waals surface area contributed by atoms with Crippen LogP contribution in [0.15, 0.2) is 24.3 Å². The number of ether oxygens (including phenoxy) is 3. The molecule has 8 heteroatoms. The zero-order chi connectivity index (χ0) is 28.1. The summed E-state index contributed by atoms with van der Waals surface area (Å²) in [6.07, 6.45) is 7.63. The summed E-state index contributed by atoms with van der Waals surface area (Å²) in [5, 5.41) is 0. The standard InChI is InChI=1S/C33H45N5O3/c1-21-15-28(34-33-31(21)35-32(36(33)2)23-5-6-29(39-3)30(18-23)40-4)22-7-11-37(12-8-22)27-16-24-19-38(20-25(24)17-27)26-9-13-41-14-10-26/h5-6,15,18,22,24-27H,7-14,16-17,19-20H2,1-4H3/t24-,25+,27?. The number of methoxy groups -OCH3 is 2.